The molecule has 1 aromatic carbocycles. The van der Waals surface area contributed by atoms with E-state index >= 15 is 0 Å². The van der Waals surface area contributed by atoms with Crippen molar-refractivity contribution in [2.24, 2.45) is 17.6 Å². The number of imide groups is 1. The van der Waals surface area contributed by atoms with Crippen LogP contribution in [0.15, 0.2) is 22.7 Å². The first-order chi connectivity index (χ1) is 13.7. The molecule has 3 aliphatic rings. The number of hydrogen-bond donors (Lipinski definition) is 3. The van der Waals surface area contributed by atoms with E-state index in [2.05, 4.69) is 26.6 Å². The van der Waals surface area contributed by atoms with Gasteiger partial charge < -0.3 is 11.1 Å². The normalized spacial score (nSPS) is 31.2. The average molecular weight is 463 g/mol. The van der Waals surface area contributed by atoms with Gasteiger partial charge in [-0.05, 0) is 38.0 Å². The Hall–Kier alpha value is -2.26. The number of nitrogens with zero attached hydrogens (tertiary/aromatic N) is 1. The first kappa shape index (κ1) is 20.0. The number of carbonyl (C=O) groups is 4. The Kier molecular flexibility index (Phi) is 4.77. The van der Waals surface area contributed by atoms with Gasteiger partial charge in [-0.1, -0.05) is 22.9 Å². The summed E-state index contributed by atoms with van der Waals surface area (Å²) in [5.41, 5.74) is 5.23. The maximum Gasteiger partial charge on any atom is 0.250 e. The number of carbonyl (C=O) groups excluding carboxylic acids is 4. The van der Waals surface area contributed by atoms with Gasteiger partial charge in [-0.15, -0.1) is 0 Å². The third-order valence-corrected chi connectivity index (χ3v) is 6.94. The van der Waals surface area contributed by atoms with E-state index in [0.29, 0.717) is 17.7 Å². The number of fused-ring (bicyclic) bond motifs is 4. The molecule has 4 amide bonds. The van der Waals surface area contributed by atoms with Gasteiger partial charge >= 0.3 is 0 Å². The molecule has 3 aliphatic heterocycles. The Bertz CT molecular complexity index is 935. The molecule has 2 saturated heterocycles. The topological polar surface area (TPSA) is 122 Å². The molecule has 3 heterocycles. The van der Waals surface area contributed by atoms with Gasteiger partial charge in [0.25, 0.3) is 0 Å². The van der Waals surface area contributed by atoms with Crippen LogP contribution in [0, 0.1) is 11.8 Å². The maximum absolute atomic E-state index is 13.5. The van der Waals surface area contributed by atoms with Gasteiger partial charge in [0.05, 0.1) is 11.8 Å². The summed E-state index contributed by atoms with van der Waals surface area (Å²) >= 11 is 3.44. The van der Waals surface area contributed by atoms with Gasteiger partial charge in [-0.25, -0.2) is 0 Å². The summed E-state index contributed by atoms with van der Waals surface area (Å²) in [5.74, 6) is -3.05. The fourth-order valence-corrected chi connectivity index (χ4v) is 5.32. The minimum Gasteiger partial charge on any atom is -0.370 e. The van der Waals surface area contributed by atoms with Gasteiger partial charge in [0.15, 0.2) is 0 Å². The predicted molar refractivity (Wildman–Crippen MR) is 108 cm³/mol. The van der Waals surface area contributed by atoms with Crippen molar-refractivity contribution < 1.29 is 19.2 Å². The molecule has 154 valence electrons. The zero-order chi connectivity index (χ0) is 21.1. The number of benzene rings is 1. The molecule has 1 aromatic rings. The summed E-state index contributed by atoms with van der Waals surface area (Å²) in [6.45, 7) is 3.74. The van der Waals surface area contributed by atoms with Gasteiger partial charge in [-0.3, -0.25) is 29.4 Å². The molecule has 0 saturated carbocycles. The van der Waals surface area contributed by atoms with Crippen LogP contribution in [0.3, 0.4) is 0 Å². The summed E-state index contributed by atoms with van der Waals surface area (Å²) in [4.78, 5) is 52.7. The first-order valence-electron chi connectivity index (χ1n) is 9.76. The van der Waals surface area contributed by atoms with Crippen LogP contribution in [0.4, 0.5) is 5.69 Å². The molecule has 2 fully saturated rings. The molecule has 4 N–H and O–H groups in total. The van der Waals surface area contributed by atoms with Crippen LogP contribution in [-0.2, 0) is 24.7 Å². The Balaban J connectivity index is 1.85. The summed E-state index contributed by atoms with van der Waals surface area (Å²) in [6.07, 6.45) is 0.967. The van der Waals surface area contributed by atoms with E-state index in [1.165, 1.54) is 4.90 Å². The number of halogens is 1. The molecule has 0 aromatic heterocycles. The van der Waals surface area contributed by atoms with E-state index < -0.39 is 29.3 Å². The Morgan fingerprint density at radius 1 is 1.31 bits per heavy atom. The number of nitrogens with two attached hydrogens (primary N) is 1. The standard InChI is InChI=1S/C20H23BrN4O4/c1-3-9(2)25-17(27)15-13(6-7-14(22)26)24-20(16(15)18(25)28)11-8-10(21)4-5-12(11)23-19(20)29/h4-5,8-9,13,15-16,24H,3,6-7H2,1-2H3,(H2,22,26)(H,23,29). The lowest BCUT2D eigenvalue weighted by Gasteiger charge is -2.31. The lowest BCUT2D eigenvalue weighted by atomic mass is 9.76. The van der Waals surface area contributed by atoms with Crippen LogP contribution < -0.4 is 16.4 Å². The molecule has 5 unspecified atom stereocenters. The van der Waals surface area contributed by atoms with Crippen LogP contribution in [0.2, 0.25) is 0 Å². The number of nitrogens with one attached hydrogen (secondary N) is 2. The number of amides is 4. The van der Waals surface area contributed by atoms with Gasteiger partial charge in [-0.2, -0.15) is 0 Å². The Morgan fingerprint density at radius 3 is 2.69 bits per heavy atom. The van der Waals surface area contributed by atoms with Crippen LogP contribution >= 0.6 is 15.9 Å². The summed E-state index contributed by atoms with van der Waals surface area (Å²) < 4.78 is 0.765. The molecule has 29 heavy (non-hydrogen) atoms. The SMILES string of the molecule is CCC(C)N1C(=O)C2C(CCC(N)=O)NC3(C(=O)Nc4ccc(Br)cc43)C2C1=O. The number of primary amides is 1. The molecule has 5 atom stereocenters. The van der Waals surface area contributed by atoms with Crippen molar-refractivity contribution in [2.75, 3.05) is 5.32 Å². The zero-order valence-corrected chi connectivity index (χ0v) is 17.8. The Morgan fingerprint density at radius 2 is 2.03 bits per heavy atom. The van der Waals surface area contributed by atoms with Crippen molar-refractivity contribution in [3.8, 4) is 0 Å². The van der Waals surface area contributed by atoms with E-state index in [4.69, 9.17) is 5.73 Å². The molecule has 1 spiro atoms. The summed E-state index contributed by atoms with van der Waals surface area (Å²) in [7, 11) is 0. The predicted octanol–water partition coefficient (Wildman–Crippen LogP) is 1.23. The highest BCUT2D eigenvalue weighted by Crippen LogP contribution is 2.54. The number of hydrogen-bond acceptors (Lipinski definition) is 5. The molecule has 4 rings (SSSR count). The average Bonchev–Trinajstić information content (AvgIpc) is 3.25. The highest BCUT2D eigenvalue weighted by Gasteiger charge is 2.70. The monoisotopic (exact) mass is 462 g/mol. The Labute approximate surface area is 176 Å². The second kappa shape index (κ2) is 6.91. The third kappa shape index (κ3) is 2.74. The van der Waals surface area contributed by atoms with Crippen molar-refractivity contribution in [3.05, 3.63) is 28.2 Å². The van der Waals surface area contributed by atoms with E-state index in [1.54, 1.807) is 12.1 Å². The second-order valence-corrected chi connectivity index (χ2v) is 8.93. The van der Waals surface area contributed by atoms with Gasteiger partial charge in [0.2, 0.25) is 23.6 Å². The van der Waals surface area contributed by atoms with Crippen LogP contribution in [0.25, 0.3) is 0 Å². The van der Waals surface area contributed by atoms with Gasteiger partial charge in [0, 0.05) is 34.2 Å². The van der Waals surface area contributed by atoms with Gasteiger partial charge in [0.1, 0.15) is 5.54 Å². The number of anilines is 1. The van der Waals surface area contributed by atoms with Crippen molar-refractivity contribution in [1.82, 2.24) is 10.2 Å². The lowest BCUT2D eigenvalue weighted by molar-refractivity contribution is -0.145. The molecule has 0 aliphatic carbocycles. The van der Waals surface area contributed by atoms with E-state index in [0.717, 1.165) is 4.47 Å². The number of rotatable bonds is 5. The fraction of sp³-hybridized carbons (Fsp3) is 0.500. The first-order valence-corrected chi connectivity index (χ1v) is 10.6. The lowest BCUT2D eigenvalue weighted by Crippen LogP contribution is -2.54. The largest absolute Gasteiger partial charge is 0.370 e. The van der Waals surface area contributed by atoms with Crippen molar-refractivity contribution in [2.45, 2.75) is 50.7 Å². The zero-order valence-electron chi connectivity index (χ0n) is 16.2. The maximum atomic E-state index is 13.5. The third-order valence-electron chi connectivity index (χ3n) is 6.44. The molecular formula is C20H23BrN4O4. The molecule has 9 heteroatoms. The minimum atomic E-state index is -1.35. The molecule has 8 nitrogen and oxygen atoms in total. The second-order valence-electron chi connectivity index (χ2n) is 8.02. The number of likely N-dealkylation sites (tertiary alicyclic amines) is 1. The van der Waals surface area contributed by atoms with Crippen LogP contribution in [0.5, 0.6) is 0 Å². The molecule has 0 bridgehead atoms. The van der Waals surface area contributed by atoms with E-state index in [1.807, 2.05) is 19.9 Å². The smallest absolute Gasteiger partial charge is 0.250 e. The van der Waals surface area contributed by atoms with E-state index in [9.17, 15) is 19.2 Å². The summed E-state index contributed by atoms with van der Waals surface area (Å²) in [6, 6.07) is 4.61. The van der Waals surface area contributed by atoms with E-state index in [-0.39, 0.29) is 36.6 Å². The highest BCUT2D eigenvalue weighted by molar-refractivity contribution is 9.10. The quantitative estimate of drug-likeness (QED) is 0.568. The molecular weight excluding hydrogens is 440 g/mol. The van der Waals surface area contributed by atoms with Crippen LogP contribution in [0.1, 0.15) is 38.7 Å². The van der Waals surface area contributed by atoms with Crippen molar-refractivity contribution in [3.63, 3.8) is 0 Å². The highest BCUT2D eigenvalue weighted by atomic mass is 79.9. The van der Waals surface area contributed by atoms with Crippen molar-refractivity contribution in [1.29, 1.82) is 0 Å². The van der Waals surface area contributed by atoms with Crippen molar-refractivity contribution >= 4 is 45.2 Å². The minimum absolute atomic E-state index is 0.0642. The summed E-state index contributed by atoms with van der Waals surface area (Å²) in [5, 5.41) is 6.14. The fourth-order valence-electron chi connectivity index (χ4n) is 4.96. The van der Waals surface area contributed by atoms with Crippen LogP contribution in [-0.4, -0.2) is 40.6 Å². The molecule has 0 radical (unpaired) electrons.